The fraction of sp³-hybridized carbons (Fsp3) is 0.241. The molecule has 0 bridgehead atoms. The van der Waals surface area contributed by atoms with Gasteiger partial charge in [-0.05, 0) is 53.8 Å². The molecule has 188 valence electrons. The Hall–Kier alpha value is -4.25. The summed E-state index contributed by atoms with van der Waals surface area (Å²) in [6, 6.07) is 15.6. The average Bonchev–Trinajstić information content (AvgIpc) is 3.15. The molecule has 1 aliphatic rings. The van der Waals surface area contributed by atoms with E-state index < -0.39 is 12.4 Å². The molecule has 0 aliphatic carbocycles. The lowest BCUT2D eigenvalue weighted by Crippen LogP contribution is -2.04. The minimum absolute atomic E-state index is 0.0210. The van der Waals surface area contributed by atoms with Crippen LogP contribution in [0.3, 0.4) is 0 Å². The zero-order valence-electron chi connectivity index (χ0n) is 20.6. The van der Waals surface area contributed by atoms with Gasteiger partial charge in [0.1, 0.15) is 18.2 Å². The Balaban J connectivity index is 1.60. The number of hydrogen-bond acceptors (Lipinski definition) is 4. The number of imidazole rings is 1. The summed E-state index contributed by atoms with van der Waals surface area (Å²) in [4.78, 5) is 4.65. The molecular weight excluding hydrogens is 479 g/mol. The zero-order valence-corrected chi connectivity index (χ0v) is 20.6. The van der Waals surface area contributed by atoms with Gasteiger partial charge < -0.3 is 13.9 Å². The van der Waals surface area contributed by atoms with Crippen LogP contribution in [-0.4, -0.2) is 16.0 Å². The fourth-order valence-electron chi connectivity index (χ4n) is 4.83. The molecule has 0 spiro atoms. The molecule has 0 amide bonds. The SMILES string of the molecule is CC(C#N)=C1c2ccc(Cc3c(C(C)C)nc4c(OC(F)F)cccn34)cc2COc2cc(F)ccc21. The van der Waals surface area contributed by atoms with Crippen molar-refractivity contribution in [2.45, 2.75) is 46.3 Å². The molecule has 3 heterocycles. The number of hydrogen-bond donors (Lipinski definition) is 0. The Kier molecular flexibility index (Phi) is 6.38. The second kappa shape index (κ2) is 9.66. The molecule has 4 aromatic rings. The van der Waals surface area contributed by atoms with Crippen LogP contribution < -0.4 is 9.47 Å². The molecule has 0 atom stereocenters. The monoisotopic (exact) mass is 503 g/mol. The van der Waals surface area contributed by atoms with Crippen LogP contribution in [0.5, 0.6) is 11.5 Å². The number of rotatable bonds is 5. The lowest BCUT2D eigenvalue weighted by Gasteiger charge is -2.13. The molecule has 0 saturated heterocycles. The second-order valence-electron chi connectivity index (χ2n) is 9.25. The first kappa shape index (κ1) is 24.4. The van der Waals surface area contributed by atoms with Crippen LogP contribution in [-0.2, 0) is 13.0 Å². The number of halogens is 3. The maximum absolute atomic E-state index is 14.0. The van der Waals surface area contributed by atoms with Gasteiger partial charge in [-0.1, -0.05) is 32.0 Å². The summed E-state index contributed by atoms with van der Waals surface area (Å²) in [6.45, 7) is 3.00. The van der Waals surface area contributed by atoms with E-state index in [0.717, 1.165) is 28.1 Å². The standard InChI is InChI=1S/C29H24F3N3O2/c1-16(2)27-23(35-10-4-5-24(28(35)34-27)37-29(31)32)12-18-6-8-21-19(11-18)15-36-25-13-20(30)7-9-22(25)26(21)17(3)14-33/h4-11,13,16,29H,12,15H2,1-3H3. The van der Waals surface area contributed by atoms with Gasteiger partial charge in [-0.15, -0.1) is 0 Å². The molecule has 0 fully saturated rings. The molecule has 5 rings (SSSR count). The lowest BCUT2D eigenvalue weighted by atomic mass is 9.89. The molecule has 37 heavy (non-hydrogen) atoms. The average molecular weight is 504 g/mol. The third kappa shape index (κ3) is 4.53. The fourth-order valence-corrected chi connectivity index (χ4v) is 4.83. The number of ether oxygens (including phenoxy) is 2. The van der Waals surface area contributed by atoms with E-state index in [1.807, 2.05) is 32.0 Å². The number of alkyl halides is 2. The smallest absolute Gasteiger partial charge is 0.387 e. The Bertz CT molecular complexity index is 1580. The van der Waals surface area contributed by atoms with Crippen molar-refractivity contribution in [3.63, 3.8) is 0 Å². The van der Waals surface area contributed by atoms with Crippen LogP contribution >= 0.6 is 0 Å². The first-order valence-corrected chi connectivity index (χ1v) is 11.9. The van der Waals surface area contributed by atoms with E-state index in [-0.39, 0.29) is 18.3 Å². The van der Waals surface area contributed by atoms with E-state index in [1.54, 1.807) is 29.7 Å². The number of aromatic nitrogens is 2. The van der Waals surface area contributed by atoms with Gasteiger partial charge in [-0.25, -0.2) is 9.37 Å². The first-order valence-electron chi connectivity index (χ1n) is 11.9. The van der Waals surface area contributed by atoms with Gasteiger partial charge in [0.05, 0.1) is 17.5 Å². The molecule has 1 aliphatic heterocycles. The van der Waals surface area contributed by atoms with Crippen molar-refractivity contribution in [1.29, 1.82) is 5.26 Å². The highest BCUT2D eigenvalue weighted by Gasteiger charge is 2.24. The van der Waals surface area contributed by atoms with E-state index >= 15 is 0 Å². The van der Waals surface area contributed by atoms with Gasteiger partial charge in [0.2, 0.25) is 0 Å². The number of pyridine rings is 1. The van der Waals surface area contributed by atoms with E-state index in [4.69, 9.17) is 9.47 Å². The van der Waals surface area contributed by atoms with E-state index in [1.165, 1.54) is 18.2 Å². The number of fused-ring (bicyclic) bond motifs is 3. The number of nitriles is 1. The summed E-state index contributed by atoms with van der Waals surface area (Å²) in [5.41, 5.74) is 6.55. The summed E-state index contributed by atoms with van der Waals surface area (Å²) in [5, 5.41) is 9.68. The Morgan fingerprint density at radius 1 is 1.16 bits per heavy atom. The van der Waals surface area contributed by atoms with Crippen molar-refractivity contribution in [3.8, 4) is 17.6 Å². The van der Waals surface area contributed by atoms with E-state index in [2.05, 4.69) is 11.1 Å². The van der Waals surface area contributed by atoms with Crippen molar-refractivity contribution in [2.75, 3.05) is 0 Å². The van der Waals surface area contributed by atoms with Crippen molar-refractivity contribution in [1.82, 2.24) is 9.38 Å². The number of nitrogens with zero attached hydrogens (tertiary/aromatic N) is 3. The molecule has 2 aromatic heterocycles. The highest BCUT2D eigenvalue weighted by atomic mass is 19.3. The molecule has 0 unspecified atom stereocenters. The number of allylic oxidation sites excluding steroid dienone is 1. The molecule has 0 saturated carbocycles. The minimum atomic E-state index is -2.95. The van der Waals surface area contributed by atoms with Crippen molar-refractivity contribution < 1.29 is 22.6 Å². The topological polar surface area (TPSA) is 59.5 Å². The minimum Gasteiger partial charge on any atom is -0.488 e. The summed E-state index contributed by atoms with van der Waals surface area (Å²) in [6.07, 6.45) is 2.27. The van der Waals surface area contributed by atoms with Crippen LogP contribution in [0.15, 0.2) is 60.3 Å². The summed E-state index contributed by atoms with van der Waals surface area (Å²) < 4.78 is 52.4. The first-order chi connectivity index (χ1) is 17.8. The van der Waals surface area contributed by atoms with Gasteiger partial charge in [-0.3, -0.25) is 0 Å². The van der Waals surface area contributed by atoms with E-state index in [9.17, 15) is 18.4 Å². The van der Waals surface area contributed by atoms with Crippen molar-refractivity contribution in [3.05, 3.63) is 99.8 Å². The summed E-state index contributed by atoms with van der Waals surface area (Å²) in [7, 11) is 0. The third-order valence-electron chi connectivity index (χ3n) is 6.46. The van der Waals surface area contributed by atoms with Crippen LogP contribution in [0.25, 0.3) is 11.2 Å². The maximum Gasteiger partial charge on any atom is 0.387 e. The number of benzene rings is 2. The molecule has 0 radical (unpaired) electrons. The normalized spacial score (nSPS) is 14.1. The predicted molar refractivity (Wildman–Crippen MR) is 133 cm³/mol. The van der Waals surface area contributed by atoms with E-state index in [0.29, 0.717) is 34.5 Å². The van der Waals surface area contributed by atoms with Crippen molar-refractivity contribution in [2.24, 2.45) is 0 Å². The van der Waals surface area contributed by atoms with Crippen LogP contribution in [0.2, 0.25) is 0 Å². The third-order valence-corrected chi connectivity index (χ3v) is 6.46. The van der Waals surface area contributed by atoms with Gasteiger partial charge in [-0.2, -0.15) is 14.0 Å². The van der Waals surface area contributed by atoms with Crippen LogP contribution in [0.1, 0.15) is 60.3 Å². The highest BCUT2D eigenvalue weighted by molar-refractivity contribution is 5.88. The highest BCUT2D eigenvalue weighted by Crippen LogP contribution is 2.39. The van der Waals surface area contributed by atoms with Crippen LogP contribution in [0.4, 0.5) is 13.2 Å². The Labute approximate surface area is 212 Å². The van der Waals surface area contributed by atoms with Crippen molar-refractivity contribution >= 4 is 11.2 Å². The zero-order chi connectivity index (χ0) is 26.3. The predicted octanol–water partition coefficient (Wildman–Crippen LogP) is 7.03. The Morgan fingerprint density at radius 3 is 2.68 bits per heavy atom. The lowest BCUT2D eigenvalue weighted by molar-refractivity contribution is -0.0491. The Morgan fingerprint density at radius 2 is 1.95 bits per heavy atom. The summed E-state index contributed by atoms with van der Waals surface area (Å²) in [5.74, 6) is 0.0459. The summed E-state index contributed by atoms with van der Waals surface area (Å²) >= 11 is 0. The van der Waals surface area contributed by atoms with Gasteiger partial charge >= 0.3 is 6.61 Å². The molecule has 8 heteroatoms. The van der Waals surface area contributed by atoms with Gasteiger partial charge in [0.25, 0.3) is 0 Å². The quantitative estimate of drug-likeness (QED) is 0.275. The van der Waals surface area contributed by atoms with Crippen LogP contribution in [0, 0.1) is 17.1 Å². The maximum atomic E-state index is 14.0. The molecular formula is C29H24F3N3O2. The molecule has 5 nitrogen and oxygen atoms in total. The van der Waals surface area contributed by atoms with Gasteiger partial charge in [0.15, 0.2) is 11.4 Å². The second-order valence-corrected chi connectivity index (χ2v) is 9.25. The molecule has 0 N–H and O–H groups in total. The largest absolute Gasteiger partial charge is 0.488 e. The van der Waals surface area contributed by atoms with Gasteiger partial charge in [0, 0.05) is 35.4 Å². The molecule has 2 aromatic carbocycles.